The van der Waals surface area contributed by atoms with Crippen LogP contribution in [-0.4, -0.2) is 46.8 Å². The van der Waals surface area contributed by atoms with Gasteiger partial charge in [-0.15, -0.1) is 0 Å². The van der Waals surface area contributed by atoms with Gasteiger partial charge in [0, 0.05) is 26.1 Å². The summed E-state index contributed by atoms with van der Waals surface area (Å²) in [4.78, 5) is 14.7. The first kappa shape index (κ1) is 26.3. The highest BCUT2D eigenvalue weighted by Gasteiger charge is 2.35. The summed E-state index contributed by atoms with van der Waals surface area (Å²) in [5.74, 6) is 0.193. The van der Waals surface area contributed by atoms with Crippen LogP contribution in [0.5, 0.6) is 0 Å². The number of Topliss-reactive ketones (excluding diaryl/α,β-unsaturated/α-hetero) is 1. The van der Waals surface area contributed by atoms with E-state index in [4.69, 9.17) is 0 Å². The van der Waals surface area contributed by atoms with Crippen molar-refractivity contribution in [1.82, 2.24) is 9.96 Å². The van der Waals surface area contributed by atoms with E-state index in [0.29, 0.717) is 13.0 Å². The Balaban J connectivity index is 1.96. The van der Waals surface area contributed by atoms with Crippen LogP contribution in [0.3, 0.4) is 0 Å². The molecule has 4 nitrogen and oxygen atoms in total. The van der Waals surface area contributed by atoms with Crippen LogP contribution in [0.4, 0.5) is 0 Å². The maximum Gasteiger partial charge on any atom is 0.166 e. The molecule has 1 N–H and O–H groups in total. The number of unbranched alkanes of at least 4 members (excludes halogenated alkanes) is 12. The zero-order valence-electron chi connectivity index (χ0n) is 19.4. The van der Waals surface area contributed by atoms with E-state index in [1.807, 2.05) is 0 Å². The first-order chi connectivity index (χ1) is 14.2. The van der Waals surface area contributed by atoms with Crippen LogP contribution < -0.4 is 0 Å². The zero-order chi connectivity index (χ0) is 21.2. The molecule has 1 unspecified atom stereocenters. The van der Waals surface area contributed by atoms with Crippen LogP contribution in [0.25, 0.3) is 0 Å². The Morgan fingerprint density at radius 3 is 1.97 bits per heavy atom. The van der Waals surface area contributed by atoms with Gasteiger partial charge in [-0.3, -0.25) is 9.69 Å². The normalized spacial score (nSPS) is 18.2. The Kier molecular flexibility index (Phi) is 16.4. The number of allylic oxidation sites excluding steroid dienone is 2. The minimum atomic E-state index is -0.390. The first-order valence-corrected chi connectivity index (χ1v) is 12.6. The maximum absolute atomic E-state index is 12.5. The summed E-state index contributed by atoms with van der Waals surface area (Å²) in [6, 6.07) is 0. The topological polar surface area (TPSA) is 43.8 Å². The van der Waals surface area contributed by atoms with E-state index in [2.05, 4.69) is 30.9 Å². The lowest BCUT2D eigenvalue weighted by molar-refractivity contribution is -0.155. The predicted molar refractivity (Wildman–Crippen MR) is 123 cm³/mol. The average Bonchev–Trinajstić information content (AvgIpc) is 3.09. The Hall–Kier alpha value is -0.710. The van der Waals surface area contributed by atoms with Gasteiger partial charge >= 0.3 is 0 Å². The van der Waals surface area contributed by atoms with Gasteiger partial charge in [0.1, 0.15) is 6.17 Å². The average molecular weight is 409 g/mol. The van der Waals surface area contributed by atoms with Crippen molar-refractivity contribution in [2.75, 3.05) is 19.6 Å². The van der Waals surface area contributed by atoms with Crippen molar-refractivity contribution < 1.29 is 10.0 Å². The smallest absolute Gasteiger partial charge is 0.166 e. The number of hydroxylamine groups is 2. The molecule has 1 aliphatic heterocycles. The number of ketones is 1. The fourth-order valence-corrected chi connectivity index (χ4v) is 4.13. The SMILES string of the molecule is CCCCCCCCC=CCCCCCCCC(=O)C1N(O)CCN1CCCC. The van der Waals surface area contributed by atoms with Crippen molar-refractivity contribution in [2.24, 2.45) is 0 Å². The van der Waals surface area contributed by atoms with Crippen LogP contribution in [0, 0.1) is 0 Å². The van der Waals surface area contributed by atoms with Gasteiger partial charge in [-0.25, -0.2) is 0 Å². The second-order valence-electron chi connectivity index (χ2n) is 8.73. The molecule has 1 rings (SSSR count). The molecule has 1 saturated heterocycles. The molecule has 1 heterocycles. The number of rotatable bonds is 19. The fraction of sp³-hybridized carbons (Fsp3) is 0.880. The summed E-state index contributed by atoms with van der Waals surface area (Å²) >= 11 is 0. The largest absolute Gasteiger partial charge is 0.312 e. The molecule has 29 heavy (non-hydrogen) atoms. The van der Waals surface area contributed by atoms with Gasteiger partial charge in [-0.1, -0.05) is 83.8 Å². The number of hydrogen-bond acceptors (Lipinski definition) is 4. The highest BCUT2D eigenvalue weighted by atomic mass is 16.5. The van der Waals surface area contributed by atoms with Crippen LogP contribution in [0.15, 0.2) is 12.2 Å². The fourth-order valence-electron chi connectivity index (χ4n) is 4.13. The molecule has 0 aromatic carbocycles. The van der Waals surface area contributed by atoms with Crippen molar-refractivity contribution >= 4 is 5.78 Å². The van der Waals surface area contributed by atoms with Crippen molar-refractivity contribution in [2.45, 2.75) is 123 Å². The van der Waals surface area contributed by atoms with Crippen LogP contribution in [0.2, 0.25) is 0 Å². The lowest BCUT2D eigenvalue weighted by atomic mass is 10.1. The van der Waals surface area contributed by atoms with E-state index in [1.165, 1.54) is 75.7 Å². The summed E-state index contributed by atoms with van der Waals surface area (Å²) in [7, 11) is 0. The number of carbonyl (C=O) groups is 1. The molecule has 0 saturated carbocycles. The van der Waals surface area contributed by atoms with Gasteiger partial charge < -0.3 is 5.21 Å². The van der Waals surface area contributed by atoms with Crippen LogP contribution in [-0.2, 0) is 4.79 Å². The number of nitrogens with zero attached hydrogens (tertiary/aromatic N) is 2. The first-order valence-electron chi connectivity index (χ1n) is 12.6. The lowest BCUT2D eigenvalue weighted by Crippen LogP contribution is -2.44. The third-order valence-corrected chi connectivity index (χ3v) is 6.02. The standard InChI is InChI=1S/C25H48N2O2/c1-3-5-7-8-9-10-11-12-13-14-15-16-17-18-19-20-24(28)25-26(21-6-4-2)22-23-27(25)29/h12-13,25,29H,3-11,14-23H2,1-2H3. The molecule has 1 fully saturated rings. The molecule has 170 valence electrons. The Labute approximate surface area is 180 Å². The van der Waals surface area contributed by atoms with E-state index < -0.39 is 6.17 Å². The molecule has 0 radical (unpaired) electrons. The summed E-state index contributed by atoms with van der Waals surface area (Å²) in [6.07, 6.45) is 23.7. The molecule has 0 amide bonds. The molecular weight excluding hydrogens is 360 g/mol. The quantitative estimate of drug-likeness (QED) is 0.190. The second-order valence-corrected chi connectivity index (χ2v) is 8.73. The summed E-state index contributed by atoms with van der Waals surface area (Å²) in [6.45, 7) is 6.74. The molecule has 0 aromatic heterocycles. The Morgan fingerprint density at radius 1 is 0.793 bits per heavy atom. The van der Waals surface area contributed by atoms with Crippen molar-refractivity contribution in [3.63, 3.8) is 0 Å². The van der Waals surface area contributed by atoms with E-state index in [0.717, 1.165) is 38.8 Å². The van der Waals surface area contributed by atoms with Gasteiger partial charge in [-0.2, -0.15) is 5.06 Å². The zero-order valence-corrected chi connectivity index (χ0v) is 19.4. The predicted octanol–water partition coefficient (Wildman–Crippen LogP) is 6.73. The highest BCUT2D eigenvalue weighted by molar-refractivity contribution is 5.83. The summed E-state index contributed by atoms with van der Waals surface area (Å²) in [5.41, 5.74) is 0. The van der Waals surface area contributed by atoms with Crippen LogP contribution >= 0.6 is 0 Å². The third kappa shape index (κ3) is 12.6. The van der Waals surface area contributed by atoms with Crippen molar-refractivity contribution in [3.8, 4) is 0 Å². The number of hydrogen-bond donors (Lipinski definition) is 1. The molecule has 0 bridgehead atoms. The van der Waals surface area contributed by atoms with Crippen LogP contribution in [0.1, 0.15) is 117 Å². The number of carbonyl (C=O) groups excluding carboxylic acids is 1. The van der Waals surface area contributed by atoms with E-state index in [-0.39, 0.29) is 5.78 Å². The Bertz CT molecular complexity index is 425. The lowest BCUT2D eigenvalue weighted by Gasteiger charge is -2.25. The molecule has 4 heteroatoms. The minimum Gasteiger partial charge on any atom is -0.312 e. The van der Waals surface area contributed by atoms with Crippen molar-refractivity contribution in [1.29, 1.82) is 0 Å². The van der Waals surface area contributed by atoms with E-state index in [9.17, 15) is 10.0 Å². The monoisotopic (exact) mass is 408 g/mol. The molecule has 1 aliphatic rings. The highest BCUT2D eigenvalue weighted by Crippen LogP contribution is 2.17. The van der Waals surface area contributed by atoms with Gasteiger partial charge in [0.05, 0.1) is 0 Å². The van der Waals surface area contributed by atoms with E-state index >= 15 is 0 Å². The van der Waals surface area contributed by atoms with Gasteiger partial charge in [0.15, 0.2) is 5.78 Å². The summed E-state index contributed by atoms with van der Waals surface area (Å²) < 4.78 is 0. The van der Waals surface area contributed by atoms with Gasteiger partial charge in [0.25, 0.3) is 0 Å². The second kappa shape index (κ2) is 18.1. The Morgan fingerprint density at radius 2 is 1.34 bits per heavy atom. The molecule has 0 spiro atoms. The van der Waals surface area contributed by atoms with E-state index in [1.54, 1.807) is 0 Å². The molecule has 0 aromatic rings. The summed E-state index contributed by atoms with van der Waals surface area (Å²) in [5, 5.41) is 11.3. The third-order valence-electron chi connectivity index (χ3n) is 6.02. The van der Waals surface area contributed by atoms with Gasteiger partial charge in [0.2, 0.25) is 0 Å². The molecular formula is C25H48N2O2. The molecule has 1 atom stereocenters. The maximum atomic E-state index is 12.5. The van der Waals surface area contributed by atoms with Gasteiger partial charge in [-0.05, 0) is 38.5 Å². The minimum absolute atomic E-state index is 0.193. The molecule has 0 aliphatic carbocycles. The van der Waals surface area contributed by atoms with Crippen molar-refractivity contribution in [3.05, 3.63) is 12.2 Å².